The normalized spacial score (nSPS) is 11.5. The van der Waals surface area contributed by atoms with Gasteiger partial charge in [-0.3, -0.25) is 15.6 Å². The number of halogens is 3. The number of amides is 1. The molecule has 0 atom stereocenters. The van der Waals surface area contributed by atoms with Crippen LogP contribution in [0.1, 0.15) is 0 Å². The minimum atomic E-state index is -5.56. The van der Waals surface area contributed by atoms with Gasteiger partial charge in [0.15, 0.2) is 5.69 Å². The molecule has 1 rings (SSSR count). The highest BCUT2D eigenvalue weighted by Crippen LogP contribution is 2.21. The SMILES string of the molecule is [C-]#[N+]c1ccc(NNC(=O)CNS(=O)(=O)C(F)(F)F)cc1. The van der Waals surface area contributed by atoms with Crippen LogP contribution in [0.5, 0.6) is 0 Å². The smallest absolute Gasteiger partial charge is 0.299 e. The first-order chi connectivity index (χ1) is 9.65. The topological polar surface area (TPSA) is 91.7 Å². The van der Waals surface area contributed by atoms with Crippen molar-refractivity contribution in [2.75, 3.05) is 12.0 Å². The van der Waals surface area contributed by atoms with Gasteiger partial charge in [0, 0.05) is 0 Å². The summed E-state index contributed by atoms with van der Waals surface area (Å²) in [5.41, 5.74) is -0.389. The second kappa shape index (κ2) is 6.42. The molecular weight excluding hydrogens is 313 g/mol. The molecule has 0 unspecified atom stereocenters. The van der Waals surface area contributed by atoms with E-state index in [4.69, 9.17) is 6.57 Å². The summed E-state index contributed by atoms with van der Waals surface area (Å²) in [6, 6.07) is 5.81. The predicted molar refractivity (Wildman–Crippen MR) is 67.4 cm³/mol. The van der Waals surface area contributed by atoms with Gasteiger partial charge in [-0.15, -0.1) is 0 Å². The van der Waals surface area contributed by atoms with Crippen molar-refractivity contribution >= 4 is 27.3 Å². The van der Waals surface area contributed by atoms with Crippen molar-refractivity contribution in [3.8, 4) is 0 Å². The molecule has 0 radical (unpaired) electrons. The molecule has 0 fully saturated rings. The third kappa shape index (κ3) is 4.93. The molecule has 1 aromatic rings. The van der Waals surface area contributed by atoms with Crippen molar-refractivity contribution in [1.82, 2.24) is 10.1 Å². The Morgan fingerprint density at radius 3 is 2.29 bits per heavy atom. The minimum absolute atomic E-state index is 0.366. The van der Waals surface area contributed by atoms with E-state index in [0.717, 1.165) is 4.72 Å². The van der Waals surface area contributed by atoms with Crippen molar-refractivity contribution < 1.29 is 26.4 Å². The summed E-state index contributed by atoms with van der Waals surface area (Å²) < 4.78 is 58.3. The number of carbonyl (C=O) groups is 1. The third-order valence-corrected chi connectivity index (χ3v) is 3.20. The van der Waals surface area contributed by atoms with Crippen molar-refractivity contribution in [3.05, 3.63) is 35.7 Å². The number of rotatable bonds is 5. The number of hydrogen-bond acceptors (Lipinski definition) is 4. The molecule has 0 aliphatic heterocycles. The number of carbonyl (C=O) groups excluding carboxylic acids is 1. The number of alkyl halides is 3. The van der Waals surface area contributed by atoms with Gasteiger partial charge < -0.3 is 0 Å². The Morgan fingerprint density at radius 2 is 1.81 bits per heavy atom. The Kier molecular flexibility index (Phi) is 5.12. The van der Waals surface area contributed by atoms with Gasteiger partial charge in [0.1, 0.15) is 0 Å². The van der Waals surface area contributed by atoms with Crippen LogP contribution in [0, 0.1) is 6.57 Å². The van der Waals surface area contributed by atoms with Gasteiger partial charge in [0.2, 0.25) is 0 Å². The third-order valence-electron chi connectivity index (χ3n) is 2.07. The number of sulfonamides is 1. The van der Waals surface area contributed by atoms with E-state index in [2.05, 4.69) is 10.3 Å². The fraction of sp³-hybridized carbons (Fsp3) is 0.200. The lowest BCUT2D eigenvalue weighted by atomic mass is 10.3. The molecule has 21 heavy (non-hydrogen) atoms. The molecule has 0 bridgehead atoms. The van der Waals surface area contributed by atoms with Crippen LogP contribution in [-0.4, -0.2) is 26.4 Å². The Bertz CT molecular complexity index is 650. The zero-order valence-corrected chi connectivity index (χ0v) is 11.0. The van der Waals surface area contributed by atoms with Crippen LogP contribution in [0.2, 0.25) is 0 Å². The van der Waals surface area contributed by atoms with E-state index in [9.17, 15) is 26.4 Å². The molecule has 0 saturated carbocycles. The van der Waals surface area contributed by atoms with E-state index >= 15 is 0 Å². The first kappa shape index (κ1) is 16.7. The quantitative estimate of drug-likeness (QED) is 0.559. The second-order valence-corrected chi connectivity index (χ2v) is 5.36. The Labute approximate surface area is 118 Å². The van der Waals surface area contributed by atoms with E-state index in [0.29, 0.717) is 11.4 Å². The summed E-state index contributed by atoms with van der Waals surface area (Å²) in [5.74, 6) is -1.02. The highest BCUT2D eigenvalue weighted by Gasteiger charge is 2.45. The first-order valence-corrected chi connectivity index (χ1v) is 6.72. The molecule has 3 N–H and O–H groups in total. The zero-order valence-electron chi connectivity index (χ0n) is 10.2. The molecule has 0 saturated heterocycles. The van der Waals surface area contributed by atoms with Crippen LogP contribution in [0.15, 0.2) is 24.3 Å². The highest BCUT2D eigenvalue weighted by molar-refractivity contribution is 7.90. The highest BCUT2D eigenvalue weighted by atomic mass is 32.2. The number of anilines is 1. The molecule has 1 aromatic carbocycles. The maximum Gasteiger partial charge on any atom is 0.511 e. The van der Waals surface area contributed by atoms with Crippen molar-refractivity contribution in [2.45, 2.75) is 5.51 Å². The molecule has 7 nitrogen and oxygen atoms in total. The van der Waals surface area contributed by atoms with Gasteiger partial charge in [-0.05, 0) is 12.1 Å². The van der Waals surface area contributed by atoms with Crippen LogP contribution >= 0.6 is 0 Å². The van der Waals surface area contributed by atoms with Crippen molar-refractivity contribution in [1.29, 1.82) is 0 Å². The molecule has 1 amide bonds. The average molecular weight is 322 g/mol. The van der Waals surface area contributed by atoms with Gasteiger partial charge in [0.05, 0.1) is 18.8 Å². The fourth-order valence-corrected chi connectivity index (χ4v) is 1.53. The molecule has 0 aromatic heterocycles. The van der Waals surface area contributed by atoms with Gasteiger partial charge in [-0.25, -0.2) is 13.3 Å². The van der Waals surface area contributed by atoms with Crippen LogP contribution in [-0.2, 0) is 14.8 Å². The minimum Gasteiger partial charge on any atom is -0.299 e. The predicted octanol–water partition coefficient (Wildman–Crippen LogP) is 1.12. The van der Waals surface area contributed by atoms with Gasteiger partial charge >= 0.3 is 15.5 Å². The van der Waals surface area contributed by atoms with E-state index in [1.807, 2.05) is 5.43 Å². The number of hydrogen-bond donors (Lipinski definition) is 3. The standard InChI is InChI=1S/C10H9F3N4O3S/c1-14-7-2-4-8(5-3-7)16-17-9(18)6-15-21(19,20)10(11,12)13/h2-5,15-16H,6H2,(H,17,18). The number of benzene rings is 1. The van der Waals surface area contributed by atoms with Gasteiger partial charge in [-0.1, -0.05) is 12.1 Å². The maximum atomic E-state index is 12.0. The van der Waals surface area contributed by atoms with Gasteiger partial charge in [0.25, 0.3) is 5.91 Å². The summed E-state index contributed by atoms with van der Waals surface area (Å²) in [7, 11) is -5.56. The van der Waals surface area contributed by atoms with Crippen molar-refractivity contribution in [3.63, 3.8) is 0 Å². The average Bonchev–Trinajstić information content (AvgIpc) is 2.42. The van der Waals surface area contributed by atoms with E-state index in [1.165, 1.54) is 24.3 Å². The summed E-state index contributed by atoms with van der Waals surface area (Å²) >= 11 is 0. The summed E-state index contributed by atoms with van der Waals surface area (Å²) in [6.45, 7) is 5.65. The lowest BCUT2D eigenvalue weighted by Crippen LogP contribution is -2.43. The monoisotopic (exact) mass is 322 g/mol. The van der Waals surface area contributed by atoms with Crippen LogP contribution in [0.4, 0.5) is 24.5 Å². The van der Waals surface area contributed by atoms with E-state index in [1.54, 1.807) is 0 Å². The summed E-state index contributed by atoms with van der Waals surface area (Å²) in [5, 5.41) is 0. The molecule has 0 heterocycles. The largest absolute Gasteiger partial charge is 0.511 e. The number of nitrogens with zero attached hydrogens (tertiary/aromatic N) is 1. The molecule has 0 spiro atoms. The van der Waals surface area contributed by atoms with Crippen LogP contribution in [0.25, 0.3) is 4.85 Å². The zero-order chi connectivity index (χ0) is 16.1. The van der Waals surface area contributed by atoms with Crippen molar-refractivity contribution in [2.24, 2.45) is 0 Å². The molecular formula is C10H9F3N4O3S. The van der Waals surface area contributed by atoms with Crippen LogP contribution in [0.3, 0.4) is 0 Å². The Balaban J connectivity index is 2.46. The number of nitrogens with one attached hydrogen (secondary N) is 3. The van der Waals surface area contributed by atoms with E-state index in [-0.39, 0.29) is 0 Å². The number of hydrazine groups is 1. The molecule has 11 heteroatoms. The molecule has 114 valence electrons. The molecule has 0 aliphatic carbocycles. The van der Waals surface area contributed by atoms with Crippen LogP contribution < -0.4 is 15.6 Å². The summed E-state index contributed by atoms with van der Waals surface area (Å²) in [6.07, 6.45) is 0. The van der Waals surface area contributed by atoms with Gasteiger partial charge in [-0.2, -0.15) is 17.9 Å². The lowest BCUT2D eigenvalue weighted by molar-refractivity contribution is -0.119. The maximum absolute atomic E-state index is 12.0. The van der Waals surface area contributed by atoms with E-state index < -0.39 is 28.0 Å². The lowest BCUT2D eigenvalue weighted by Gasteiger charge is -2.11. The Hall–Kier alpha value is -2.32. The fourth-order valence-electron chi connectivity index (χ4n) is 1.05. The first-order valence-electron chi connectivity index (χ1n) is 5.24. The molecule has 0 aliphatic rings. The summed E-state index contributed by atoms with van der Waals surface area (Å²) in [4.78, 5) is 14.3. The second-order valence-electron chi connectivity index (χ2n) is 3.60. The Morgan fingerprint density at radius 1 is 1.24 bits per heavy atom.